The predicted molar refractivity (Wildman–Crippen MR) is 107 cm³/mol. The quantitative estimate of drug-likeness (QED) is 0.669. The number of carboxylic acids is 1. The molecule has 0 heterocycles. The molecule has 1 amide bonds. The van der Waals surface area contributed by atoms with Gasteiger partial charge in [0.1, 0.15) is 0 Å². The summed E-state index contributed by atoms with van der Waals surface area (Å²) in [7, 11) is 0. The Morgan fingerprint density at radius 3 is 2.36 bits per heavy atom. The lowest BCUT2D eigenvalue weighted by Gasteiger charge is -2.29. The number of hydrogen-bond donors (Lipinski definition) is 1. The molecule has 0 aliphatic carbocycles. The largest absolute Gasteiger partial charge is 0.490 e. The van der Waals surface area contributed by atoms with Gasteiger partial charge in [-0.25, -0.2) is 4.79 Å². The molecule has 2 aromatic carbocycles. The highest BCUT2D eigenvalue weighted by atomic mass is 16.5. The fourth-order valence-corrected chi connectivity index (χ4v) is 2.76. The third-order valence-electron chi connectivity index (χ3n) is 4.42. The van der Waals surface area contributed by atoms with Crippen LogP contribution in [0, 0.1) is 0 Å². The lowest BCUT2D eigenvalue weighted by Crippen LogP contribution is -2.37. The lowest BCUT2D eigenvalue weighted by molar-refractivity contribution is -0.139. The molecule has 6 heteroatoms. The first-order chi connectivity index (χ1) is 13.5. The van der Waals surface area contributed by atoms with Crippen LogP contribution in [0.3, 0.4) is 0 Å². The summed E-state index contributed by atoms with van der Waals surface area (Å²) in [5.74, 6) is -0.519. The van der Waals surface area contributed by atoms with E-state index in [1.165, 1.54) is 0 Å². The van der Waals surface area contributed by atoms with Crippen molar-refractivity contribution in [3.8, 4) is 11.5 Å². The Hall–Kier alpha value is -3.02. The van der Waals surface area contributed by atoms with Gasteiger partial charge < -0.3 is 19.5 Å². The average molecular weight is 385 g/mol. The Morgan fingerprint density at radius 1 is 1.04 bits per heavy atom. The van der Waals surface area contributed by atoms with E-state index in [0.29, 0.717) is 30.2 Å². The fraction of sp³-hybridized carbons (Fsp3) is 0.364. The minimum atomic E-state index is -1.08. The molecule has 0 spiro atoms. The number of amides is 1. The summed E-state index contributed by atoms with van der Waals surface area (Å²) in [6.45, 7) is 6.30. The molecular formula is C22H27NO5. The Labute approximate surface area is 165 Å². The van der Waals surface area contributed by atoms with Crippen LogP contribution < -0.4 is 9.47 Å². The maximum atomic E-state index is 13.2. The number of rotatable bonds is 10. The third-order valence-corrected chi connectivity index (χ3v) is 4.42. The van der Waals surface area contributed by atoms with Crippen molar-refractivity contribution < 1.29 is 24.2 Å². The summed E-state index contributed by atoms with van der Waals surface area (Å²) in [4.78, 5) is 25.8. The van der Waals surface area contributed by atoms with Gasteiger partial charge >= 0.3 is 5.97 Å². The number of hydrogen-bond acceptors (Lipinski definition) is 4. The molecule has 1 N–H and O–H groups in total. The zero-order valence-corrected chi connectivity index (χ0v) is 16.6. The van der Waals surface area contributed by atoms with E-state index < -0.39 is 12.6 Å². The third kappa shape index (κ3) is 5.74. The molecule has 1 unspecified atom stereocenters. The number of nitrogens with zero attached hydrogens (tertiary/aromatic N) is 1. The van der Waals surface area contributed by atoms with Gasteiger partial charge in [-0.05, 0) is 44.0 Å². The summed E-state index contributed by atoms with van der Waals surface area (Å²) in [5, 5.41) is 8.81. The Bertz CT molecular complexity index is 791. The topological polar surface area (TPSA) is 76.1 Å². The highest BCUT2D eigenvalue weighted by molar-refractivity contribution is 5.95. The smallest absolute Gasteiger partial charge is 0.341 e. The predicted octanol–water partition coefficient (Wildman–Crippen LogP) is 3.99. The van der Waals surface area contributed by atoms with Crippen molar-refractivity contribution in [1.29, 1.82) is 0 Å². The van der Waals surface area contributed by atoms with E-state index in [2.05, 4.69) is 0 Å². The van der Waals surface area contributed by atoms with Crippen molar-refractivity contribution >= 4 is 11.9 Å². The van der Waals surface area contributed by atoms with Gasteiger partial charge in [0.25, 0.3) is 5.91 Å². The van der Waals surface area contributed by atoms with Gasteiger partial charge in [0.15, 0.2) is 18.1 Å². The van der Waals surface area contributed by atoms with E-state index in [0.717, 1.165) is 12.0 Å². The molecule has 150 valence electrons. The first-order valence-corrected chi connectivity index (χ1v) is 9.42. The molecular weight excluding hydrogens is 358 g/mol. The number of carboxylic acid groups (broad SMARTS) is 1. The van der Waals surface area contributed by atoms with Crippen molar-refractivity contribution in [3.63, 3.8) is 0 Å². The van der Waals surface area contributed by atoms with Crippen LogP contribution in [0.15, 0.2) is 48.5 Å². The van der Waals surface area contributed by atoms with Crippen LogP contribution in [-0.4, -0.2) is 41.1 Å². The van der Waals surface area contributed by atoms with Crippen LogP contribution in [0.1, 0.15) is 43.1 Å². The van der Waals surface area contributed by atoms with Crippen molar-refractivity contribution in [2.45, 2.75) is 39.8 Å². The van der Waals surface area contributed by atoms with Gasteiger partial charge in [-0.15, -0.1) is 0 Å². The summed E-state index contributed by atoms with van der Waals surface area (Å²) in [5.41, 5.74) is 1.53. The normalized spacial score (nSPS) is 11.5. The second-order valence-electron chi connectivity index (χ2n) is 6.45. The first kappa shape index (κ1) is 21.3. The molecule has 0 aromatic heterocycles. The van der Waals surface area contributed by atoms with Crippen LogP contribution in [0.25, 0.3) is 0 Å². The molecule has 0 fully saturated rings. The molecule has 1 atom stereocenters. The highest BCUT2D eigenvalue weighted by Crippen LogP contribution is 2.29. The zero-order valence-electron chi connectivity index (χ0n) is 16.6. The van der Waals surface area contributed by atoms with Gasteiger partial charge in [0.05, 0.1) is 6.61 Å². The summed E-state index contributed by atoms with van der Waals surface area (Å²) < 4.78 is 10.8. The molecule has 28 heavy (non-hydrogen) atoms. The highest BCUT2D eigenvalue weighted by Gasteiger charge is 2.22. The van der Waals surface area contributed by atoms with Gasteiger partial charge in [0, 0.05) is 18.2 Å². The molecule has 2 aromatic rings. The zero-order chi connectivity index (χ0) is 20.5. The summed E-state index contributed by atoms with van der Waals surface area (Å²) in [6, 6.07) is 14.8. The SMILES string of the molecule is CCOc1cc(C(=O)N(Cc2ccccc2)C(C)CC)ccc1OCC(=O)O. The van der Waals surface area contributed by atoms with E-state index in [4.69, 9.17) is 14.6 Å². The van der Waals surface area contributed by atoms with Gasteiger partial charge in [-0.1, -0.05) is 37.3 Å². The number of carbonyl (C=O) groups is 2. The molecule has 6 nitrogen and oxygen atoms in total. The molecule has 0 aliphatic heterocycles. The number of aliphatic carboxylic acids is 1. The maximum Gasteiger partial charge on any atom is 0.341 e. The molecule has 0 saturated carbocycles. The minimum Gasteiger partial charge on any atom is -0.490 e. The Morgan fingerprint density at radius 2 is 1.75 bits per heavy atom. The minimum absolute atomic E-state index is 0.0613. The first-order valence-electron chi connectivity index (χ1n) is 9.42. The number of carbonyl (C=O) groups excluding carboxylic acids is 1. The second-order valence-corrected chi connectivity index (χ2v) is 6.45. The van der Waals surface area contributed by atoms with E-state index >= 15 is 0 Å². The van der Waals surface area contributed by atoms with E-state index in [-0.39, 0.29) is 11.9 Å². The summed E-state index contributed by atoms with van der Waals surface area (Å²) >= 11 is 0. The van der Waals surface area contributed by atoms with Crippen molar-refractivity contribution in [1.82, 2.24) is 4.90 Å². The molecule has 0 bridgehead atoms. The van der Waals surface area contributed by atoms with Crippen LogP contribution in [-0.2, 0) is 11.3 Å². The van der Waals surface area contributed by atoms with Crippen LogP contribution in [0.4, 0.5) is 0 Å². The monoisotopic (exact) mass is 385 g/mol. The van der Waals surface area contributed by atoms with Crippen LogP contribution in [0.2, 0.25) is 0 Å². The maximum absolute atomic E-state index is 13.2. The van der Waals surface area contributed by atoms with Crippen molar-refractivity contribution in [3.05, 3.63) is 59.7 Å². The molecule has 0 saturated heterocycles. The number of benzene rings is 2. The van der Waals surface area contributed by atoms with Gasteiger partial charge in [0.2, 0.25) is 0 Å². The molecule has 2 rings (SSSR count). The standard InChI is InChI=1S/C22H27NO5/c1-4-16(3)23(14-17-9-7-6-8-10-17)22(26)18-11-12-19(28-15-21(24)25)20(13-18)27-5-2/h6-13,16H,4-5,14-15H2,1-3H3,(H,24,25). The van der Waals surface area contributed by atoms with Crippen LogP contribution >= 0.6 is 0 Å². The molecule has 0 aliphatic rings. The van der Waals surface area contributed by atoms with Crippen molar-refractivity contribution in [2.24, 2.45) is 0 Å². The second kappa shape index (κ2) is 10.3. The number of ether oxygens (including phenoxy) is 2. The summed E-state index contributed by atoms with van der Waals surface area (Å²) in [6.07, 6.45) is 0.830. The van der Waals surface area contributed by atoms with Gasteiger partial charge in [-0.2, -0.15) is 0 Å². The van der Waals surface area contributed by atoms with Crippen LogP contribution in [0.5, 0.6) is 11.5 Å². The Balaban J connectivity index is 2.29. The average Bonchev–Trinajstić information content (AvgIpc) is 2.71. The Kier molecular flexibility index (Phi) is 7.87. The van der Waals surface area contributed by atoms with Crippen molar-refractivity contribution in [2.75, 3.05) is 13.2 Å². The molecule has 0 radical (unpaired) electrons. The fourth-order valence-electron chi connectivity index (χ4n) is 2.76. The van der Waals surface area contributed by atoms with E-state index in [1.807, 2.05) is 56.0 Å². The van der Waals surface area contributed by atoms with Gasteiger partial charge in [-0.3, -0.25) is 4.79 Å². The van der Waals surface area contributed by atoms with E-state index in [9.17, 15) is 9.59 Å². The lowest BCUT2D eigenvalue weighted by atomic mass is 10.1. The van der Waals surface area contributed by atoms with E-state index in [1.54, 1.807) is 18.2 Å².